The Morgan fingerprint density at radius 3 is 3.00 bits per heavy atom. The number of benzene rings is 1. The number of rotatable bonds is 3. The highest BCUT2D eigenvalue weighted by Gasteiger charge is 2.10. The Labute approximate surface area is 133 Å². The molecule has 0 saturated carbocycles. The molecule has 0 spiro atoms. The first-order valence-corrected chi connectivity index (χ1v) is 7.55. The van der Waals surface area contributed by atoms with E-state index in [1.54, 1.807) is 25.1 Å². The summed E-state index contributed by atoms with van der Waals surface area (Å²) in [5, 5.41) is 5.58. The van der Waals surface area contributed by atoms with Gasteiger partial charge in [-0.2, -0.15) is 9.61 Å². The lowest BCUT2D eigenvalue weighted by atomic mass is 10.3. The third-order valence-electron chi connectivity index (χ3n) is 2.68. The standard InChI is InChI=1S/C13H9Cl2N3O2S/c1-7-5-11(19)18-13(16-7)21-10(17-18)6-20-9-4-2-3-8(14)12(9)15/h2-5H,6H2,1H3. The highest BCUT2D eigenvalue weighted by molar-refractivity contribution is 7.16. The maximum Gasteiger partial charge on any atom is 0.275 e. The van der Waals surface area contributed by atoms with Crippen LogP contribution in [0.3, 0.4) is 0 Å². The zero-order valence-electron chi connectivity index (χ0n) is 10.8. The van der Waals surface area contributed by atoms with Gasteiger partial charge in [-0.05, 0) is 19.1 Å². The molecule has 0 unspecified atom stereocenters. The molecule has 0 aliphatic carbocycles. The van der Waals surface area contributed by atoms with Gasteiger partial charge < -0.3 is 4.74 Å². The van der Waals surface area contributed by atoms with Crippen molar-refractivity contribution in [3.8, 4) is 5.75 Å². The Morgan fingerprint density at radius 1 is 1.38 bits per heavy atom. The Balaban J connectivity index is 1.87. The van der Waals surface area contributed by atoms with Crippen molar-refractivity contribution in [3.05, 3.63) is 55.4 Å². The largest absolute Gasteiger partial charge is 0.485 e. The highest BCUT2D eigenvalue weighted by atomic mass is 35.5. The fourth-order valence-electron chi connectivity index (χ4n) is 1.75. The summed E-state index contributed by atoms with van der Waals surface area (Å²) in [6.07, 6.45) is 0. The maximum atomic E-state index is 11.8. The van der Waals surface area contributed by atoms with Crippen molar-refractivity contribution >= 4 is 39.5 Å². The molecule has 1 aromatic carbocycles. The molecular formula is C13H9Cl2N3O2S. The van der Waals surface area contributed by atoms with Gasteiger partial charge in [0.2, 0.25) is 4.96 Å². The lowest BCUT2D eigenvalue weighted by Crippen LogP contribution is -2.14. The van der Waals surface area contributed by atoms with Crippen LogP contribution in [0, 0.1) is 6.92 Å². The fraction of sp³-hybridized carbons (Fsp3) is 0.154. The number of fused-ring (bicyclic) bond motifs is 1. The lowest BCUT2D eigenvalue weighted by Gasteiger charge is -2.06. The minimum atomic E-state index is -0.208. The van der Waals surface area contributed by atoms with Gasteiger partial charge in [-0.25, -0.2) is 4.98 Å². The van der Waals surface area contributed by atoms with E-state index in [-0.39, 0.29) is 12.2 Å². The predicted octanol–water partition coefficient (Wildman–Crippen LogP) is 3.35. The number of ether oxygens (including phenoxy) is 1. The van der Waals surface area contributed by atoms with Gasteiger partial charge in [0, 0.05) is 11.8 Å². The van der Waals surface area contributed by atoms with Crippen molar-refractivity contribution in [1.29, 1.82) is 0 Å². The van der Waals surface area contributed by atoms with Gasteiger partial charge in [-0.15, -0.1) is 0 Å². The Bertz CT molecular complexity index is 875. The second kappa shape index (κ2) is 5.63. The van der Waals surface area contributed by atoms with Gasteiger partial charge in [0.05, 0.1) is 5.02 Å². The molecule has 8 heteroatoms. The molecule has 0 aliphatic heterocycles. The molecule has 0 N–H and O–H groups in total. The van der Waals surface area contributed by atoms with Gasteiger partial charge in [-0.3, -0.25) is 4.79 Å². The van der Waals surface area contributed by atoms with Crippen LogP contribution in [0.1, 0.15) is 10.7 Å². The summed E-state index contributed by atoms with van der Waals surface area (Å²) in [4.78, 5) is 16.6. The van der Waals surface area contributed by atoms with Crippen molar-refractivity contribution in [1.82, 2.24) is 14.6 Å². The van der Waals surface area contributed by atoms with Crippen LogP contribution in [0.25, 0.3) is 4.96 Å². The van der Waals surface area contributed by atoms with Crippen molar-refractivity contribution < 1.29 is 4.74 Å². The van der Waals surface area contributed by atoms with E-state index in [0.717, 1.165) is 0 Å². The summed E-state index contributed by atoms with van der Waals surface area (Å²) in [6.45, 7) is 1.95. The topological polar surface area (TPSA) is 56.5 Å². The summed E-state index contributed by atoms with van der Waals surface area (Å²) in [6, 6.07) is 6.58. The third kappa shape index (κ3) is 2.88. The molecule has 2 heterocycles. The van der Waals surface area contributed by atoms with E-state index in [9.17, 15) is 4.79 Å². The van der Waals surface area contributed by atoms with Crippen LogP contribution in [0.2, 0.25) is 10.0 Å². The van der Waals surface area contributed by atoms with Crippen LogP contribution in [-0.4, -0.2) is 14.6 Å². The van der Waals surface area contributed by atoms with Crippen LogP contribution in [0.5, 0.6) is 5.75 Å². The van der Waals surface area contributed by atoms with Gasteiger partial charge in [0.25, 0.3) is 5.56 Å². The van der Waals surface area contributed by atoms with E-state index in [0.29, 0.717) is 31.5 Å². The normalized spacial score (nSPS) is 11.0. The second-order valence-electron chi connectivity index (χ2n) is 4.27. The lowest BCUT2D eigenvalue weighted by molar-refractivity contribution is 0.304. The molecule has 0 fully saturated rings. The number of halogens is 2. The molecule has 0 bridgehead atoms. The monoisotopic (exact) mass is 341 g/mol. The molecule has 0 amide bonds. The van der Waals surface area contributed by atoms with Crippen LogP contribution in [-0.2, 0) is 6.61 Å². The summed E-state index contributed by atoms with van der Waals surface area (Å²) >= 11 is 13.3. The number of hydrogen-bond acceptors (Lipinski definition) is 5. The molecule has 2 aromatic heterocycles. The maximum absolute atomic E-state index is 11.8. The molecule has 3 rings (SSSR count). The van der Waals surface area contributed by atoms with Gasteiger partial charge in [0.1, 0.15) is 17.4 Å². The summed E-state index contributed by atoms with van der Waals surface area (Å²) in [5.74, 6) is 0.472. The van der Waals surface area contributed by atoms with E-state index in [2.05, 4.69) is 10.1 Å². The molecular weight excluding hydrogens is 333 g/mol. The van der Waals surface area contributed by atoms with E-state index < -0.39 is 0 Å². The summed E-state index contributed by atoms with van der Waals surface area (Å²) < 4.78 is 6.85. The van der Waals surface area contributed by atoms with Crippen LogP contribution < -0.4 is 10.3 Å². The first kappa shape index (κ1) is 14.3. The van der Waals surface area contributed by atoms with Gasteiger partial charge in [-0.1, -0.05) is 40.6 Å². The van der Waals surface area contributed by atoms with E-state index in [4.69, 9.17) is 27.9 Å². The van der Waals surface area contributed by atoms with Crippen LogP contribution in [0.4, 0.5) is 0 Å². The first-order valence-electron chi connectivity index (χ1n) is 5.98. The van der Waals surface area contributed by atoms with E-state index in [1.807, 2.05) is 0 Å². The van der Waals surface area contributed by atoms with E-state index >= 15 is 0 Å². The minimum Gasteiger partial charge on any atom is -0.485 e. The SMILES string of the molecule is Cc1cc(=O)n2nc(COc3cccc(Cl)c3Cl)sc2n1. The molecule has 0 saturated heterocycles. The van der Waals surface area contributed by atoms with E-state index in [1.165, 1.54) is 21.9 Å². The molecule has 0 aliphatic rings. The zero-order valence-corrected chi connectivity index (χ0v) is 13.2. The highest BCUT2D eigenvalue weighted by Crippen LogP contribution is 2.32. The molecule has 5 nitrogen and oxygen atoms in total. The summed E-state index contributed by atoms with van der Waals surface area (Å²) in [7, 11) is 0. The van der Waals surface area contributed by atoms with Crippen LogP contribution in [0.15, 0.2) is 29.1 Å². The molecule has 0 radical (unpaired) electrons. The number of hydrogen-bond donors (Lipinski definition) is 0. The third-order valence-corrected chi connectivity index (χ3v) is 4.37. The number of aryl methyl sites for hydroxylation is 1. The quantitative estimate of drug-likeness (QED) is 0.733. The smallest absolute Gasteiger partial charge is 0.275 e. The minimum absolute atomic E-state index is 0.187. The first-order chi connectivity index (χ1) is 10.0. The van der Waals surface area contributed by atoms with Crippen molar-refractivity contribution in [2.75, 3.05) is 0 Å². The average Bonchev–Trinajstić information content (AvgIpc) is 2.83. The van der Waals surface area contributed by atoms with Gasteiger partial charge >= 0.3 is 0 Å². The van der Waals surface area contributed by atoms with Crippen LogP contribution >= 0.6 is 34.5 Å². The van der Waals surface area contributed by atoms with Crippen molar-refractivity contribution in [2.24, 2.45) is 0 Å². The second-order valence-corrected chi connectivity index (χ2v) is 6.09. The molecule has 0 atom stereocenters. The average molecular weight is 342 g/mol. The Kier molecular flexibility index (Phi) is 3.84. The number of aromatic nitrogens is 3. The Morgan fingerprint density at radius 2 is 2.19 bits per heavy atom. The summed E-state index contributed by atoms with van der Waals surface area (Å²) in [5.41, 5.74) is 0.454. The zero-order chi connectivity index (χ0) is 15.0. The predicted molar refractivity (Wildman–Crippen MR) is 82.7 cm³/mol. The van der Waals surface area contributed by atoms with Crippen molar-refractivity contribution in [3.63, 3.8) is 0 Å². The molecule has 21 heavy (non-hydrogen) atoms. The number of nitrogens with zero attached hydrogens (tertiary/aromatic N) is 3. The molecule has 108 valence electrons. The fourth-order valence-corrected chi connectivity index (χ4v) is 2.96. The van der Waals surface area contributed by atoms with Crippen molar-refractivity contribution in [2.45, 2.75) is 13.5 Å². The Hall–Kier alpha value is -1.63. The molecule has 3 aromatic rings. The van der Waals surface area contributed by atoms with Gasteiger partial charge in [0.15, 0.2) is 5.01 Å².